The molecule has 3 heterocycles. The molecule has 182 valence electrons. The fraction of sp³-hybridized carbons (Fsp3) is 0.423. The summed E-state index contributed by atoms with van der Waals surface area (Å²) in [5.74, 6) is 0.680. The molecule has 1 N–H and O–H groups in total. The number of nitrogens with one attached hydrogen (secondary N) is 1. The van der Waals surface area contributed by atoms with Crippen LogP contribution >= 0.6 is 0 Å². The van der Waals surface area contributed by atoms with Crippen LogP contribution in [0.3, 0.4) is 0 Å². The fourth-order valence-electron chi connectivity index (χ4n) is 5.08. The highest BCUT2D eigenvalue weighted by molar-refractivity contribution is 5.99. The van der Waals surface area contributed by atoms with Crippen LogP contribution < -0.4 is 14.8 Å². The van der Waals surface area contributed by atoms with Crippen LogP contribution in [0.1, 0.15) is 46.4 Å². The van der Waals surface area contributed by atoms with Gasteiger partial charge in [-0.2, -0.15) is 0 Å². The summed E-state index contributed by atoms with van der Waals surface area (Å²) in [7, 11) is 0. The molecule has 35 heavy (non-hydrogen) atoms. The average molecular weight is 478 g/mol. The first-order valence-electron chi connectivity index (χ1n) is 12.1. The van der Waals surface area contributed by atoms with Gasteiger partial charge in [0.25, 0.3) is 11.8 Å². The zero-order chi connectivity index (χ0) is 24.0. The standard InChI is InChI=1S/C26H27N3O6/c30-23(27-19-7-8-19)20-15-35-26(29(20)25(32)17-4-2-1-3-5-17)10-12-28(13-11-26)24(31)18-6-9-21-22(14-18)34-16-33-21/h1-6,9,14,19-20H,7-8,10-13,15-16H2,(H,27,30)/t20-/m0/s1. The van der Waals surface area contributed by atoms with Crippen LogP contribution in [0.4, 0.5) is 0 Å². The van der Waals surface area contributed by atoms with Crippen molar-refractivity contribution in [3.05, 3.63) is 59.7 Å². The molecule has 9 heteroatoms. The van der Waals surface area contributed by atoms with E-state index < -0.39 is 11.8 Å². The van der Waals surface area contributed by atoms with Crippen molar-refractivity contribution in [2.45, 2.75) is 43.5 Å². The highest BCUT2D eigenvalue weighted by atomic mass is 16.7. The van der Waals surface area contributed by atoms with Crippen molar-refractivity contribution in [2.24, 2.45) is 0 Å². The van der Waals surface area contributed by atoms with Gasteiger partial charge in [0.15, 0.2) is 11.5 Å². The zero-order valence-electron chi connectivity index (χ0n) is 19.3. The smallest absolute Gasteiger partial charge is 0.256 e. The van der Waals surface area contributed by atoms with Crippen molar-refractivity contribution in [3.8, 4) is 11.5 Å². The first-order chi connectivity index (χ1) is 17.0. The number of likely N-dealkylation sites (tertiary alicyclic amines) is 1. The van der Waals surface area contributed by atoms with Crippen molar-refractivity contribution in [2.75, 3.05) is 26.5 Å². The molecule has 2 aromatic rings. The monoisotopic (exact) mass is 477 g/mol. The summed E-state index contributed by atoms with van der Waals surface area (Å²) in [4.78, 5) is 43.3. The molecular formula is C26H27N3O6. The Morgan fingerprint density at radius 3 is 2.37 bits per heavy atom. The number of nitrogens with zero attached hydrogens (tertiary/aromatic N) is 2. The zero-order valence-corrected chi connectivity index (χ0v) is 19.3. The molecule has 1 aliphatic carbocycles. The molecule has 0 radical (unpaired) electrons. The van der Waals surface area contributed by atoms with Crippen LogP contribution in [-0.4, -0.2) is 71.8 Å². The van der Waals surface area contributed by atoms with E-state index in [2.05, 4.69) is 5.32 Å². The fourth-order valence-corrected chi connectivity index (χ4v) is 5.08. The van der Waals surface area contributed by atoms with E-state index in [1.165, 1.54) is 0 Å². The number of carbonyl (C=O) groups is 3. The Morgan fingerprint density at radius 2 is 1.63 bits per heavy atom. The Bertz CT molecular complexity index is 1160. The topological polar surface area (TPSA) is 97.4 Å². The summed E-state index contributed by atoms with van der Waals surface area (Å²) in [6.45, 7) is 1.11. The first kappa shape index (κ1) is 21.9. The lowest BCUT2D eigenvalue weighted by atomic mass is 9.96. The Morgan fingerprint density at radius 1 is 0.886 bits per heavy atom. The van der Waals surface area contributed by atoms with Crippen LogP contribution in [0.25, 0.3) is 0 Å². The largest absolute Gasteiger partial charge is 0.454 e. The van der Waals surface area contributed by atoms with E-state index in [-0.39, 0.29) is 37.2 Å². The summed E-state index contributed by atoms with van der Waals surface area (Å²) in [5, 5.41) is 3.02. The van der Waals surface area contributed by atoms with E-state index in [4.69, 9.17) is 14.2 Å². The molecule has 1 saturated carbocycles. The van der Waals surface area contributed by atoms with Crippen LogP contribution in [0.15, 0.2) is 48.5 Å². The number of benzene rings is 2. The van der Waals surface area contributed by atoms with Gasteiger partial charge in [0.1, 0.15) is 11.8 Å². The summed E-state index contributed by atoms with van der Waals surface area (Å²) < 4.78 is 17.0. The van der Waals surface area contributed by atoms with Gasteiger partial charge in [-0.25, -0.2) is 0 Å². The highest BCUT2D eigenvalue weighted by Crippen LogP contribution is 2.39. The molecule has 2 aromatic carbocycles. The number of carbonyl (C=O) groups excluding carboxylic acids is 3. The summed E-state index contributed by atoms with van der Waals surface area (Å²) in [6, 6.07) is 13.6. The lowest BCUT2D eigenvalue weighted by molar-refractivity contribution is -0.128. The molecule has 0 unspecified atom stereocenters. The molecule has 0 aromatic heterocycles. The van der Waals surface area contributed by atoms with Gasteiger partial charge in [0.2, 0.25) is 12.7 Å². The molecule has 3 fully saturated rings. The van der Waals surface area contributed by atoms with Gasteiger partial charge >= 0.3 is 0 Å². The Labute approximate surface area is 202 Å². The SMILES string of the molecule is O=C(NC1CC1)[C@@H]1COC2(CCN(C(=O)c3ccc4c(c3)OCO4)CC2)N1C(=O)c1ccccc1. The van der Waals surface area contributed by atoms with Crippen molar-refractivity contribution in [1.29, 1.82) is 0 Å². The third-order valence-electron chi connectivity index (χ3n) is 7.18. The molecule has 3 amide bonds. The predicted molar refractivity (Wildman–Crippen MR) is 124 cm³/mol. The quantitative estimate of drug-likeness (QED) is 0.725. The second-order valence-corrected chi connectivity index (χ2v) is 9.46. The Hall–Kier alpha value is -3.59. The molecule has 1 atom stereocenters. The van der Waals surface area contributed by atoms with Crippen LogP contribution in [0.2, 0.25) is 0 Å². The molecule has 0 bridgehead atoms. The Balaban J connectivity index is 1.21. The van der Waals surface area contributed by atoms with Crippen molar-refractivity contribution in [3.63, 3.8) is 0 Å². The van der Waals surface area contributed by atoms with E-state index in [9.17, 15) is 14.4 Å². The number of fused-ring (bicyclic) bond motifs is 1. The lowest BCUT2D eigenvalue weighted by Crippen LogP contribution is -2.60. The van der Waals surface area contributed by atoms with Crippen LogP contribution in [0.5, 0.6) is 11.5 Å². The number of piperidine rings is 1. The number of hydrogen-bond acceptors (Lipinski definition) is 6. The highest BCUT2D eigenvalue weighted by Gasteiger charge is 2.54. The van der Waals surface area contributed by atoms with E-state index in [1.54, 1.807) is 40.1 Å². The van der Waals surface area contributed by atoms with Crippen molar-refractivity contribution >= 4 is 17.7 Å². The van der Waals surface area contributed by atoms with Gasteiger partial charge in [-0.05, 0) is 43.2 Å². The van der Waals surface area contributed by atoms with Gasteiger partial charge in [0.05, 0.1) is 6.61 Å². The molecule has 6 rings (SSSR count). The average Bonchev–Trinajstić information content (AvgIpc) is 3.45. The van der Waals surface area contributed by atoms with Gasteiger partial charge in [-0.15, -0.1) is 0 Å². The first-order valence-corrected chi connectivity index (χ1v) is 12.1. The van der Waals surface area contributed by atoms with E-state index in [0.717, 1.165) is 12.8 Å². The third-order valence-corrected chi connectivity index (χ3v) is 7.18. The summed E-state index contributed by atoms with van der Waals surface area (Å²) >= 11 is 0. The third kappa shape index (κ3) is 3.99. The maximum absolute atomic E-state index is 13.6. The van der Waals surface area contributed by atoms with Crippen molar-refractivity contribution in [1.82, 2.24) is 15.1 Å². The van der Waals surface area contributed by atoms with Crippen LogP contribution in [-0.2, 0) is 9.53 Å². The van der Waals surface area contributed by atoms with Crippen LogP contribution in [0, 0.1) is 0 Å². The molecule has 9 nitrogen and oxygen atoms in total. The predicted octanol–water partition coefficient (Wildman–Crippen LogP) is 2.17. The van der Waals surface area contributed by atoms with E-state index >= 15 is 0 Å². The molecular weight excluding hydrogens is 450 g/mol. The summed E-state index contributed by atoms with van der Waals surface area (Å²) in [6.07, 6.45) is 2.78. The second kappa shape index (κ2) is 8.57. The van der Waals surface area contributed by atoms with Crippen molar-refractivity contribution < 1.29 is 28.6 Å². The normalized spacial score (nSPS) is 22.3. The second-order valence-electron chi connectivity index (χ2n) is 9.46. The van der Waals surface area contributed by atoms with E-state index in [0.29, 0.717) is 48.6 Å². The summed E-state index contributed by atoms with van der Waals surface area (Å²) in [5.41, 5.74) is 0.112. The molecule has 2 saturated heterocycles. The number of amides is 3. The van der Waals surface area contributed by atoms with E-state index in [1.807, 2.05) is 18.2 Å². The minimum atomic E-state index is -0.926. The maximum atomic E-state index is 13.6. The van der Waals surface area contributed by atoms with Gasteiger partial charge < -0.3 is 24.4 Å². The molecule has 3 aliphatic heterocycles. The molecule has 4 aliphatic rings. The molecule has 1 spiro atoms. The van der Waals surface area contributed by atoms with Gasteiger partial charge in [-0.3, -0.25) is 19.3 Å². The number of ether oxygens (including phenoxy) is 3. The number of rotatable bonds is 4. The lowest BCUT2D eigenvalue weighted by Gasteiger charge is -2.44. The minimum absolute atomic E-state index is 0.111. The minimum Gasteiger partial charge on any atom is -0.454 e. The van der Waals surface area contributed by atoms with Gasteiger partial charge in [0, 0.05) is 43.1 Å². The maximum Gasteiger partial charge on any atom is 0.256 e. The Kier molecular flexibility index (Phi) is 5.36. The van der Waals surface area contributed by atoms with Gasteiger partial charge in [-0.1, -0.05) is 18.2 Å². The number of hydrogen-bond donors (Lipinski definition) is 1.